The molecule has 0 aromatic carbocycles. The average Bonchev–Trinajstić information content (AvgIpc) is 2.86. The number of rotatable bonds is 4. The summed E-state index contributed by atoms with van der Waals surface area (Å²) in [6.45, 7) is 3.94. The monoisotopic (exact) mass is 266 g/mol. The fraction of sp³-hybridized carbons (Fsp3) is 0.538. The highest BCUT2D eigenvalue weighted by Gasteiger charge is 2.39. The first-order valence-corrected chi connectivity index (χ1v) is 7.29. The van der Waals surface area contributed by atoms with Crippen molar-refractivity contribution in [2.45, 2.75) is 45.2 Å². The van der Waals surface area contributed by atoms with Gasteiger partial charge in [-0.25, -0.2) is 0 Å². The van der Waals surface area contributed by atoms with Crippen LogP contribution in [-0.4, -0.2) is 23.9 Å². The Hall–Kier alpha value is -1.36. The van der Waals surface area contributed by atoms with Gasteiger partial charge in [0, 0.05) is 5.38 Å². The van der Waals surface area contributed by atoms with E-state index in [0.29, 0.717) is 12.8 Å². The van der Waals surface area contributed by atoms with Crippen LogP contribution in [0.4, 0.5) is 5.69 Å². The highest BCUT2D eigenvalue weighted by atomic mass is 32.1. The molecule has 2 unspecified atom stereocenters. The Bertz CT molecular complexity index is 430. The van der Waals surface area contributed by atoms with Crippen LogP contribution in [0.2, 0.25) is 0 Å². The number of carbonyl (C=O) groups excluding carboxylic acids is 2. The molecule has 1 aromatic rings. The third kappa shape index (κ3) is 2.27. The fourth-order valence-electron chi connectivity index (χ4n) is 2.32. The molecule has 1 aliphatic rings. The molecule has 1 fully saturated rings. The van der Waals surface area contributed by atoms with Gasteiger partial charge in [-0.2, -0.15) is 11.3 Å². The zero-order valence-corrected chi connectivity index (χ0v) is 11.5. The van der Waals surface area contributed by atoms with Crippen LogP contribution in [0.3, 0.4) is 0 Å². The average molecular weight is 266 g/mol. The SMILES string of the molecule is CCCC1NC(=O)C(CC)N(c2ccsc2)C1=O. The molecule has 4 nitrogen and oxygen atoms in total. The van der Waals surface area contributed by atoms with Gasteiger partial charge in [-0.15, -0.1) is 0 Å². The van der Waals surface area contributed by atoms with Crippen LogP contribution in [0.25, 0.3) is 0 Å². The fourth-order valence-corrected chi connectivity index (χ4v) is 2.95. The molecule has 2 atom stereocenters. The minimum absolute atomic E-state index is 0.0155. The number of amides is 2. The Kier molecular flexibility index (Phi) is 4.01. The maximum Gasteiger partial charge on any atom is 0.250 e. The second-order valence-electron chi connectivity index (χ2n) is 4.46. The number of hydrogen-bond donors (Lipinski definition) is 1. The number of piperazine rings is 1. The molecule has 5 heteroatoms. The minimum atomic E-state index is -0.375. The van der Waals surface area contributed by atoms with E-state index in [2.05, 4.69) is 5.32 Å². The van der Waals surface area contributed by atoms with E-state index in [-0.39, 0.29) is 23.9 Å². The first kappa shape index (κ1) is 13.1. The number of thiophene rings is 1. The van der Waals surface area contributed by atoms with Crippen molar-refractivity contribution in [3.63, 3.8) is 0 Å². The molecule has 2 heterocycles. The van der Waals surface area contributed by atoms with Crippen LogP contribution in [0.1, 0.15) is 33.1 Å². The molecule has 18 heavy (non-hydrogen) atoms. The first-order chi connectivity index (χ1) is 8.69. The summed E-state index contributed by atoms with van der Waals surface area (Å²) in [6, 6.07) is 1.15. The van der Waals surface area contributed by atoms with Crippen molar-refractivity contribution < 1.29 is 9.59 Å². The Morgan fingerprint density at radius 3 is 2.72 bits per heavy atom. The molecule has 1 aromatic heterocycles. The highest BCUT2D eigenvalue weighted by Crippen LogP contribution is 2.26. The molecular weight excluding hydrogens is 248 g/mol. The van der Waals surface area contributed by atoms with Gasteiger partial charge in [0.25, 0.3) is 0 Å². The normalized spacial score (nSPS) is 24.2. The van der Waals surface area contributed by atoms with Crippen LogP contribution in [0.5, 0.6) is 0 Å². The lowest BCUT2D eigenvalue weighted by Gasteiger charge is -2.38. The predicted molar refractivity (Wildman–Crippen MR) is 72.7 cm³/mol. The van der Waals surface area contributed by atoms with E-state index in [0.717, 1.165) is 12.1 Å². The molecular formula is C13H18N2O2S. The zero-order chi connectivity index (χ0) is 13.1. The second-order valence-corrected chi connectivity index (χ2v) is 5.24. The van der Waals surface area contributed by atoms with E-state index in [9.17, 15) is 9.59 Å². The van der Waals surface area contributed by atoms with Crippen LogP contribution in [0.15, 0.2) is 16.8 Å². The largest absolute Gasteiger partial charge is 0.342 e. The molecule has 0 aliphatic carbocycles. The number of hydrogen-bond acceptors (Lipinski definition) is 3. The number of nitrogens with zero attached hydrogens (tertiary/aromatic N) is 1. The van der Waals surface area contributed by atoms with Crippen molar-refractivity contribution in [1.82, 2.24) is 5.32 Å². The van der Waals surface area contributed by atoms with Crippen molar-refractivity contribution >= 4 is 28.8 Å². The molecule has 0 saturated carbocycles. The van der Waals surface area contributed by atoms with Crippen molar-refractivity contribution in [3.05, 3.63) is 16.8 Å². The topological polar surface area (TPSA) is 49.4 Å². The quantitative estimate of drug-likeness (QED) is 0.908. The van der Waals surface area contributed by atoms with Gasteiger partial charge in [-0.3, -0.25) is 14.5 Å². The van der Waals surface area contributed by atoms with Gasteiger partial charge in [0.1, 0.15) is 12.1 Å². The van der Waals surface area contributed by atoms with Gasteiger partial charge in [0.2, 0.25) is 11.8 Å². The summed E-state index contributed by atoms with van der Waals surface area (Å²) in [5, 5.41) is 6.68. The van der Waals surface area contributed by atoms with Crippen molar-refractivity contribution in [3.8, 4) is 0 Å². The minimum Gasteiger partial charge on any atom is -0.342 e. The smallest absolute Gasteiger partial charge is 0.250 e. The molecule has 1 saturated heterocycles. The van der Waals surface area contributed by atoms with E-state index < -0.39 is 0 Å². The van der Waals surface area contributed by atoms with Gasteiger partial charge >= 0.3 is 0 Å². The second kappa shape index (κ2) is 5.52. The van der Waals surface area contributed by atoms with Crippen molar-refractivity contribution in [1.29, 1.82) is 0 Å². The number of anilines is 1. The third-order valence-corrected chi connectivity index (χ3v) is 3.89. The molecule has 0 radical (unpaired) electrons. The molecule has 2 rings (SSSR count). The third-order valence-electron chi connectivity index (χ3n) is 3.21. The van der Waals surface area contributed by atoms with Crippen LogP contribution >= 0.6 is 11.3 Å². The summed E-state index contributed by atoms with van der Waals surface area (Å²) in [6.07, 6.45) is 2.21. The summed E-state index contributed by atoms with van der Waals surface area (Å²) in [7, 11) is 0. The van der Waals surface area contributed by atoms with Crippen LogP contribution in [0, 0.1) is 0 Å². The molecule has 98 valence electrons. The Morgan fingerprint density at radius 2 is 2.17 bits per heavy atom. The van der Waals surface area contributed by atoms with Gasteiger partial charge in [-0.05, 0) is 24.3 Å². The highest BCUT2D eigenvalue weighted by molar-refractivity contribution is 7.08. The summed E-state index contributed by atoms with van der Waals surface area (Å²) >= 11 is 1.54. The summed E-state index contributed by atoms with van der Waals surface area (Å²) < 4.78 is 0. The number of nitrogens with one attached hydrogen (secondary N) is 1. The number of carbonyl (C=O) groups is 2. The summed E-state index contributed by atoms with van der Waals surface area (Å²) in [5.74, 6) is -0.0246. The van der Waals surface area contributed by atoms with Crippen molar-refractivity contribution in [2.75, 3.05) is 4.90 Å². The zero-order valence-electron chi connectivity index (χ0n) is 10.7. The van der Waals surface area contributed by atoms with Gasteiger partial charge in [-0.1, -0.05) is 20.3 Å². The van der Waals surface area contributed by atoms with Crippen LogP contribution < -0.4 is 10.2 Å². The van der Waals surface area contributed by atoms with Gasteiger partial charge in [0.05, 0.1) is 5.69 Å². The Balaban J connectivity index is 2.31. The molecule has 0 bridgehead atoms. The van der Waals surface area contributed by atoms with Crippen LogP contribution in [-0.2, 0) is 9.59 Å². The van der Waals surface area contributed by atoms with Crippen molar-refractivity contribution in [2.24, 2.45) is 0 Å². The molecule has 2 amide bonds. The van der Waals surface area contributed by atoms with E-state index in [1.165, 1.54) is 11.3 Å². The van der Waals surface area contributed by atoms with E-state index in [1.54, 1.807) is 4.90 Å². The maximum absolute atomic E-state index is 12.4. The Labute approximate surface area is 111 Å². The molecule has 1 N–H and O–H groups in total. The van der Waals surface area contributed by atoms with E-state index in [1.807, 2.05) is 30.7 Å². The maximum atomic E-state index is 12.4. The van der Waals surface area contributed by atoms with E-state index >= 15 is 0 Å². The first-order valence-electron chi connectivity index (χ1n) is 6.34. The van der Waals surface area contributed by atoms with Gasteiger partial charge in [0.15, 0.2) is 0 Å². The van der Waals surface area contributed by atoms with E-state index in [4.69, 9.17) is 0 Å². The standard InChI is InChI=1S/C13H18N2O2S/c1-3-5-10-13(17)15(9-6-7-18-8-9)11(4-2)12(16)14-10/h6-8,10-11H,3-5H2,1-2H3,(H,14,16). The lowest BCUT2D eigenvalue weighted by atomic mass is 10.0. The lowest BCUT2D eigenvalue weighted by Crippen LogP contribution is -2.63. The summed E-state index contributed by atoms with van der Waals surface area (Å²) in [4.78, 5) is 26.2. The predicted octanol–water partition coefficient (Wildman–Crippen LogP) is 2.16. The van der Waals surface area contributed by atoms with Gasteiger partial charge < -0.3 is 5.32 Å². The molecule has 0 spiro atoms. The lowest BCUT2D eigenvalue weighted by molar-refractivity contribution is -0.134. The summed E-state index contributed by atoms with van der Waals surface area (Å²) in [5.41, 5.74) is 0.841. The molecule has 1 aliphatic heterocycles. The Morgan fingerprint density at radius 1 is 1.39 bits per heavy atom.